The summed E-state index contributed by atoms with van der Waals surface area (Å²) in [7, 11) is 0. The summed E-state index contributed by atoms with van der Waals surface area (Å²) in [5.74, 6) is 0. The molecule has 0 N–H and O–H groups in total. The lowest BCUT2D eigenvalue weighted by molar-refractivity contribution is 0.660. The minimum atomic E-state index is -0.107. The van der Waals surface area contributed by atoms with Crippen LogP contribution in [-0.2, 0) is 10.8 Å². The molecular formula is C57H41N. The van der Waals surface area contributed by atoms with Crippen LogP contribution >= 0.6 is 0 Å². The average molecular weight is 740 g/mol. The standard InChI is InChI=1S/C57H41N/c1-56(2)48-20-9-7-15-40(48)42-27-25-37(32-50(42)56)52-44-17-5-6-18-45(44)53(38-26-28-43-41-16-8-10-21-49(41)57(3,4)51(43)33-38)47-31-36(24-29-46(47)52)39-19-11-13-34-22-23-35-14-12-30-58-55(35)54(34)39/h5-33H,1-4H3. The van der Waals surface area contributed by atoms with Crippen LogP contribution in [0.1, 0.15) is 49.9 Å². The van der Waals surface area contributed by atoms with Gasteiger partial charge in [0.1, 0.15) is 0 Å². The summed E-state index contributed by atoms with van der Waals surface area (Å²) in [6.07, 6.45) is 1.92. The molecule has 0 aliphatic heterocycles. The first-order chi connectivity index (χ1) is 28.3. The molecular weight excluding hydrogens is 699 g/mol. The number of pyridine rings is 1. The van der Waals surface area contributed by atoms with Crippen LogP contribution in [0.4, 0.5) is 0 Å². The van der Waals surface area contributed by atoms with Crippen molar-refractivity contribution < 1.29 is 0 Å². The third kappa shape index (κ3) is 4.50. The number of fused-ring (bicyclic) bond motifs is 11. The Labute approximate surface area is 339 Å². The van der Waals surface area contributed by atoms with E-state index >= 15 is 0 Å². The van der Waals surface area contributed by atoms with Crippen LogP contribution in [0, 0.1) is 0 Å². The van der Waals surface area contributed by atoms with Gasteiger partial charge in [0.15, 0.2) is 0 Å². The molecule has 0 saturated heterocycles. The van der Waals surface area contributed by atoms with E-state index in [2.05, 4.69) is 191 Å². The van der Waals surface area contributed by atoms with Gasteiger partial charge in [-0.05, 0) is 129 Å². The van der Waals surface area contributed by atoms with Gasteiger partial charge in [0, 0.05) is 27.8 Å². The maximum absolute atomic E-state index is 4.94. The predicted molar refractivity (Wildman–Crippen MR) is 246 cm³/mol. The second kappa shape index (κ2) is 11.9. The molecule has 9 aromatic carbocycles. The lowest BCUT2D eigenvalue weighted by Crippen LogP contribution is -2.15. The van der Waals surface area contributed by atoms with Gasteiger partial charge in [0.25, 0.3) is 0 Å². The fraction of sp³-hybridized carbons (Fsp3) is 0.105. The molecule has 0 saturated carbocycles. The first-order valence-electron chi connectivity index (χ1n) is 20.5. The highest BCUT2D eigenvalue weighted by molar-refractivity contribution is 6.23. The second-order valence-corrected chi connectivity index (χ2v) is 17.5. The lowest BCUT2D eigenvalue weighted by atomic mass is 9.79. The van der Waals surface area contributed by atoms with Crippen molar-refractivity contribution in [1.29, 1.82) is 0 Å². The van der Waals surface area contributed by atoms with E-state index in [4.69, 9.17) is 4.98 Å². The van der Waals surface area contributed by atoms with Gasteiger partial charge >= 0.3 is 0 Å². The van der Waals surface area contributed by atoms with Crippen LogP contribution in [0.25, 0.3) is 98.9 Å². The number of rotatable bonds is 3. The topological polar surface area (TPSA) is 12.9 Å². The Morgan fingerprint density at radius 3 is 1.50 bits per heavy atom. The molecule has 0 unspecified atom stereocenters. The Morgan fingerprint density at radius 1 is 0.345 bits per heavy atom. The quantitative estimate of drug-likeness (QED) is 0.130. The number of benzene rings is 9. The van der Waals surface area contributed by atoms with Crippen LogP contribution in [0.15, 0.2) is 176 Å². The molecule has 0 spiro atoms. The van der Waals surface area contributed by atoms with Crippen LogP contribution in [-0.4, -0.2) is 4.98 Å². The summed E-state index contributed by atoms with van der Waals surface area (Å²) < 4.78 is 0. The fourth-order valence-corrected chi connectivity index (χ4v) is 10.8. The normalized spacial score (nSPS) is 14.5. The summed E-state index contributed by atoms with van der Waals surface area (Å²) in [6, 6.07) is 63.9. The molecule has 0 atom stereocenters. The van der Waals surface area contributed by atoms with Gasteiger partial charge in [-0.1, -0.05) is 173 Å². The SMILES string of the molecule is CC1(C)c2ccccc2-c2ccc(-c3c4ccccc4c(-c4ccc5c(c4)C(C)(C)c4ccccc4-5)c4cc(-c5cccc6ccc7cccnc7c56)ccc34)cc21. The summed E-state index contributed by atoms with van der Waals surface area (Å²) in [5, 5.41) is 8.61. The van der Waals surface area contributed by atoms with Crippen molar-refractivity contribution >= 4 is 43.2 Å². The van der Waals surface area contributed by atoms with Gasteiger partial charge in [-0.3, -0.25) is 4.98 Å². The molecule has 1 heterocycles. The van der Waals surface area contributed by atoms with Crippen molar-refractivity contribution in [3.05, 3.63) is 198 Å². The van der Waals surface area contributed by atoms with E-state index < -0.39 is 0 Å². The van der Waals surface area contributed by atoms with Crippen LogP contribution in [0.2, 0.25) is 0 Å². The fourth-order valence-electron chi connectivity index (χ4n) is 10.8. The van der Waals surface area contributed by atoms with Crippen molar-refractivity contribution in [1.82, 2.24) is 4.98 Å². The van der Waals surface area contributed by atoms with E-state index in [1.54, 1.807) is 0 Å². The smallest absolute Gasteiger partial charge is 0.0786 e. The van der Waals surface area contributed by atoms with Crippen LogP contribution in [0.5, 0.6) is 0 Å². The molecule has 10 aromatic rings. The predicted octanol–water partition coefficient (Wildman–Crippen LogP) is 15.3. The van der Waals surface area contributed by atoms with Crippen molar-refractivity contribution in [3.63, 3.8) is 0 Å². The van der Waals surface area contributed by atoms with E-state index in [9.17, 15) is 0 Å². The minimum absolute atomic E-state index is 0.0966. The summed E-state index contributed by atoms with van der Waals surface area (Å²) in [5.41, 5.74) is 19.3. The molecule has 274 valence electrons. The van der Waals surface area contributed by atoms with Gasteiger partial charge in [-0.2, -0.15) is 0 Å². The van der Waals surface area contributed by atoms with Gasteiger partial charge in [-0.15, -0.1) is 0 Å². The average Bonchev–Trinajstić information content (AvgIpc) is 3.63. The highest BCUT2D eigenvalue weighted by atomic mass is 14.6. The Kier molecular flexibility index (Phi) is 6.81. The molecule has 2 aliphatic carbocycles. The summed E-state index contributed by atoms with van der Waals surface area (Å²) >= 11 is 0. The number of nitrogens with zero attached hydrogens (tertiary/aromatic N) is 1. The zero-order chi connectivity index (χ0) is 38.9. The highest BCUT2D eigenvalue weighted by Crippen LogP contribution is 2.54. The number of hydrogen-bond donors (Lipinski definition) is 0. The molecule has 0 bridgehead atoms. The van der Waals surface area contributed by atoms with Gasteiger partial charge in [0.2, 0.25) is 0 Å². The third-order valence-corrected chi connectivity index (χ3v) is 13.7. The van der Waals surface area contributed by atoms with E-state index in [0.29, 0.717) is 0 Å². The van der Waals surface area contributed by atoms with Crippen LogP contribution in [0.3, 0.4) is 0 Å². The number of aromatic nitrogens is 1. The van der Waals surface area contributed by atoms with E-state index in [0.717, 1.165) is 10.9 Å². The Morgan fingerprint density at radius 2 is 0.845 bits per heavy atom. The zero-order valence-electron chi connectivity index (χ0n) is 33.2. The molecule has 0 radical (unpaired) electrons. The lowest BCUT2D eigenvalue weighted by Gasteiger charge is -2.24. The maximum atomic E-state index is 4.94. The second-order valence-electron chi connectivity index (χ2n) is 17.5. The molecule has 1 heteroatoms. The minimum Gasteiger partial charge on any atom is -0.256 e. The van der Waals surface area contributed by atoms with Crippen molar-refractivity contribution in [3.8, 4) is 55.6 Å². The van der Waals surface area contributed by atoms with E-state index in [-0.39, 0.29) is 10.8 Å². The Hall–Kier alpha value is -6.83. The summed E-state index contributed by atoms with van der Waals surface area (Å²) in [6.45, 7) is 9.52. The van der Waals surface area contributed by atoms with Gasteiger partial charge in [-0.25, -0.2) is 0 Å². The van der Waals surface area contributed by atoms with Crippen LogP contribution < -0.4 is 0 Å². The van der Waals surface area contributed by atoms with Crippen molar-refractivity contribution in [2.24, 2.45) is 0 Å². The molecule has 2 aliphatic rings. The largest absolute Gasteiger partial charge is 0.256 e. The third-order valence-electron chi connectivity index (χ3n) is 13.7. The van der Waals surface area contributed by atoms with Crippen molar-refractivity contribution in [2.45, 2.75) is 38.5 Å². The van der Waals surface area contributed by atoms with Gasteiger partial charge < -0.3 is 0 Å². The molecule has 1 nitrogen and oxygen atoms in total. The molecule has 58 heavy (non-hydrogen) atoms. The highest BCUT2D eigenvalue weighted by Gasteiger charge is 2.37. The Balaban J connectivity index is 1.17. The monoisotopic (exact) mass is 739 g/mol. The molecule has 0 fully saturated rings. The maximum Gasteiger partial charge on any atom is 0.0786 e. The number of hydrogen-bond acceptors (Lipinski definition) is 1. The van der Waals surface area contributed by atoms with E-state index in [1.165, 1.54) is 110 Å². The zero-order valence-corrected chi connectivity index (χ0v) is 33.2. The molecule has 12 rings (SSSR count). The first-order valence-corrected chi connectivity index (χ1v) is 20.5. The summed E-state index contributed by atoms with van der Waals surface area (Å²) in [4.78, 5) is 4.94. The Bertz CT molecular complexity index is 3400. The van der Waals surface area contributed by atoms with Crippen molar-refractivity contribution in [2.75, 3.05) is 0 Å². The van der Waals surface area contributed by atoms with E-state index in [1.807, 2.05) is 12.3 Å². The first kappa shape index (κ1) is 33.3. The molecule has 0 amide bonds. The molecule has 1 aromatic heterocycles. The van der Waals surface area contributed by atoms with Gasteiger partial charge in [0.05, 0.1) is 5.52 Å².